The van der Waals surface area contributed by atoms with Crippen LogP contribution in [0, 0.1) is 5.82 Å². The van der Waals surface area contributed by atoms with Gasteiger partial charge in [-0.1, -0.05) is 6.07 Å². The van der Waals surface area contributed by atoms with Crippen LogP contribution in [0.25, 0.3) is 5.69 Å². The summed E-state index contributed by atoms with van der Waals surface area (Å²) in [6, 6.07) is 4.68. The molecule has 0 bridgehead atoms. The standard InChI is InChI=1S/C10H7F4N3/c11-6-2-1-3-7(4-6)17-9(10(12,13)14)8(15)5-16-17/h1-5H,15H2. The number of aromatic nitrogens is 2. The molecule has 1 aromatic carbocycles. The average Bonchev–Trinajstić information content (AvgIpc) is 2.59. The molecule has 2 N–H and O–H groups in total. The van der Waals surface area contributed by atoms with Crippen LogP contribution in [0.2, 0.25) is 0 Å². The Hall–Kier alpha value is -2.05. The molecule has 2 rings (SSSR count). The highest BCUT2D eigenvalue weighted by atomic mass is 19.4. The Morgan fingerprint density at radius 1 is 1.24 bits per heavy atom. The predicted molar refractivity (Wildman–Crippen MR) is 52.9 cm³/mol. The first-order chi connectivity index (χ1) is 7.89. The summed E-state index contributed by atoms with van der Waals surface area (Å²) in [6.45, 7) is 0. The highest BCUT2D eigenvalue weighted by Gasteiger charge is 2.38. The fourth-order valence-corrected chi connectivity index (χ4v) is 1.45. The number of nitrogens with two attached hydrogens (primary N) is 1. The van der Waals surface area contributed by atoms with Crippen molar-refractivity contribution in [2.45, 2.75) is 6.18 Å². The lowest BCUT2D eigenvalue weighted by Gasteiger charge is -2.11. The molecule has 0 amide bonds. The summed E-state index contributed by atoms with van der Waals surface area (Å²) < 4.78 is 51.6. The molecule has 90 valence electrons. The van der Waals surface area contributed by atoms with Gasteiger partial charge in [0, 0.05) is 0 Å². The van der Waals surface area contributed by atoms with Gasteiger partial charge in [0.1, 0.15) is 5.82 Å². The summed E-state index contributed by atoms with van der Waals surface area (Å²) >= 11 is 0. The van der Waals surface area contributed by atoms with E-state index < -0.39 is 23.4 Å². The first-order valence-corrected chi connectivity index (χ1v) is 4.56. The third-order valence-electron chi connectivity index (χ3n) is 2.12. The lowest BCUT2D eigenvalue weighted by molar-refractivity contribution is -0.142. The van der Waals surface area contributed by atoms with Crippen molar-refractivity contribution in [2.24, 2.45) is 0 Å². The van der Waals surface area contributed by atoms with E-state index >= 15 is 0 Å². The van der Waals surface area contributed by atoms with Crippen molar-refractivity contribution >= 4 is 5.69 Å². The average molecular weight is 245 g/mol. The minimum Gasteiger partial charge on any atom is -0.396 e. The molecule has 0 aliphatic rings. The molecule has 0 saturated heterocycles. The van der Waals surface area contributed by atoms with E-state index in [2.05, 4.69) is 5.10 Å². The maximum Gasteiger partial charge on any atom is 0.435 e. The van der Waals surface area contributed by atoms with Crippen molar-refractivity contribution in [3.8, 4) is 5.69 Å². The first kappa shape index (κ1) is 11.4. The molecule has 0 atom stereocenters. The van der Waals surface area contributed by atoms with Crippen LogP contribution < -0.4 is 5.73 Å². The van der Waals surface area contributed by atoms with E-state index in [0.29, 0.717) is 4.68 Å². The van der Waals surface area contributed by atoms with Gasteiger partial charge in [-0.05, 0) is 18.2 Å². The van der Waals surface area contributed by atoms with E-state index in [-0.39, 0.29) is 5.69 Å². The Kier molecular flexibility index (Phi) is 2.53. The number of rotatable bonds is 1. The molecule has 0 saturated carbocycles. The van der Waals surface area contributed by atoms with Crippen molar-refractivity contribution in [1.29, 1.82) is 0 Å². The fourth-order valence-electron chi connectivity index (χ4n) is 1.45. The number of benzene rings is 1. The van der Waals surface area contributed by atoms with Gasteiger partial charge in [0.15, 0.2) is 5.69 Å². The summed E-state index contributed by atoms with van der Waals surface area (Å²) in [5, 5.41) is 3.50. The summed E-state index contributed by atoms with van der Waals surface area (Å²) in [7, 11) is 0. The summed E-state index contributed by atoms with van der Waals surface area (Å²) in [5.74, 6) is -0.648. The van der Waals surface area contributed by atoms with E-state index in [0.717, 1.165) is 18.3 Å². The summed E-state index contributed by atoms with van der Waals surface area (Å²) in [6.07, 6.45) is -3.76. The fraction of sp³-hybridized carbons (Fsp3) is 0.100. The van der Waals surface area contributed by atoms with Crippen molar-refractivity contribution < 1.29 is 17.6 Å². The first-order valence-electron chi connectivity index (χ1n) is 4.56. The third kappa shape index (κ3) is 2.08. The Balaban J connectivity index is 2.61. The predicted octanol–water partition coefficient (Wildman–Crippen LogP) is 2.61. The Labute approximate surface area is 93.5 Å². The summed E-state index contributed by atoms with van der Waals surface area (Å²) in [5.41, 5.74) is 3.57. The van der Waals surface area contributed by atoms with E-state index in [1.54, 1.807) is 0 Å². The summed E-state index contributed by atoms with van der Waals surface area (Å²) in [4.78, 5) is 0. The quantitative estimate of drug-likeness (QED) is 0.785. The van der Waals surface area contributed by atoms with Crippen molar-refractivity contribution in [3.05, 3.63) is 42.0 Å². The molecule has 3 nitrogen and oxygen atoms in total. The highest BCUT2D eigenvalue weighted by Crippen LogP contribution is 2.34. The number of hydrogen-bond donors (Lipinski definition) is 1. The molecular weight excluding hydrogens is 238 g/mol. The van der Waals surface area contributed by atoms with Crippen molar-refractivity contribution in [2.75, 3.05) is 5.73 Å². The van der Waals surface area contributed by atoms with Gasteiger partial charge in [0.05, 0.1) is 17.6 Å². The second-order valence-corrected chi connectivity index (χ2v) is 3.34. The van der Waals surface area contributed by atoms with Crippen LogP contribution in [0.5, 0.6) is 0 Å². The van der Waals surface area contributed by atoms with Gasteiger partial charge in [0.25, 0.3) is 0 Å². The second kappa shape index (κ2) is 3.76. The molecule has 0 spiro atoms. The molecule has 0 unspecified atom stereocenters. The normalized spacial score (nSPS) is 11.8. The molecule has 0 aliphatic heterocycles. The van der Waals surface area contributed by atoms with Gasteiger partial charge in [-0.25, -0.2) is 9.07 Å². The molecule has 7 heteroatoms. The van der Waals surface area contributed by atoms with Gasteiger partial charge in [0.2, 0.25) is 0 Å². The molecule has 0 aliphatic carbocycles. The van der Waals surface area contributed by atoms with Crippen LogP contribution in [0.4, 0.5) is 23.2 Å². The molecular formula is C10H7F4N3. The van der Waals surface area contributed by atoms with E-state index in [4.69, 9.17) is 5.73 Å². The second-order valence-electron chi connectivity index (χ2n) is 3.34. The topological polar surface area (TPSA) is 43.8 Å². The van der Waals surface area contributed by atoms with E-state index in [9.17, 15) is 17.6 Å². The minimum absolute atomic E-state index is 0.0333. The minimum atomic E-state index is -4.65. The van der Waals surface area contributed by atoms with Gasteiger partial charge in [-0.3, -0.25) is 0 Å². The van der Waals surface area contributed by atoms with E-state index in [1.807, 2.05) is 0 Å². The molecule has 0 radical (unpaired) electrons. The lowest BCUT2D eigenvalue weighted by atomic mass is 10.3. The van der Waals surface area contributed by atoms with Gasteiger partial charge >= 0.3 is 6.18 Å². The maximum atomic E-state index is 12.9. The SMILES string of the molecule is Nc1cnn(-c2cccc(F)c2)c1C(F)(F)F. The molecule has 0 fully saturated rings. The van der Waals surface area contributed by atoms with Crippen LogP contribution in [0.15, 0.2) is 30.5 Å². The third-order valence-corrected chi connectivity index (χ3v) is 2.12. The Morgan fingerprint density at radius 3 is 2.53 bits per heavy atom. The molecule has 1 heterocycles. The Morgan fingerprint density at radius 2 is 1.94 bits per heavy atom. The van der Waals surface area contributed by atoms with Crippen LogP contribution in [0.3, 0.4) is 0 Å². The smallest absolute Gasteiger partial charge is 0.396 e. The van der Waals surface area contributed by atoms with Crippen molar-refractivity contribution in [3.63, 3.8) is 0 Å². The van der Waals surface area contributed by atoms with E-state index in [1.165, 1.54) is 12.1 Å². The van der Waals surface area contributed by atoms with Gasteiger partial charge in [-0.15, -0.1) is 0 Å². The van der Waals surface area contributed by atoms with Gasteiger partial charge in [-0.2, -0.15) is 18.3 Å². The lowest BCUT2D eigenvalue weighted by Crippen LogP contribution is -2.15. The number of alkyl halides is 3. The zero-order chi connectivity index (χ0) is 12.6. The zero-order valence-corrected chi connectivity index (χ0v) is 8.37. The zero-order valence-electron chi connectivity index (χ0n) is 8.37. The number of halogens is 4. The number of nitrogens with zero attached hydrogens (tertiary/aromatic N) is 2. The number of hydrogen-bond acceptors (Lipinski definition) is 2. The van der Waals surface area contributed by atoms with Crippen LogP contribution in [0.1, 0.15) is 5.69 Å². The number of anilines is 1. The maximum absolute atomic E-state index is 12.9. The molecule has 17 heavy (non-hydrogen) atoms. The molecule has 2 aromatic rings. The van der Waals surface area contributed by atoms with Crippen LogP contribution >= 0.6 is 0 Å². The number of nitrogen functional groups attached to an aromatic ring is 1. The monoisotopic (exact) mass is 245 g/mol. The molecule has 1 aromatic heterocycles. The van der Waals surface area contributed by atoms with Crippen molar-refractivity contribution in [1.82, 2.24) is 9.78 Å². The highest BCUT2D eigenvalue weighted by molar-refractivity contribution is 5.47. The van der Waals surface area contributed by atoms with Crippen LogP contribution in [-0.2, 0) is 6.18 Å². The van der Waals surface area contributed by atoms with Gasteiger partial charge < -0.3 is 5.73 Å². The Bertz CT molecular complexity index is 545. The van der Waals surface area contributed by atoms with Crippen LogP contribution in [-0.4, -0.2) is 9.78 Å². The largest absolute Gasteiger partial charge is 0.435 e.